The molecule has 0 saturated heterocycles. The predicted octanol–water partition coefficient (Wildman–Crippen LogP) is 2.94. The molecule has 0 fully saturated rings. The second kappa shape index (κ2) is 6.54. The van der Waals surface area contributed by atoms with E-state index < -0.39 is 0 Å². The van der Waals surface area contributed by atoms with Gasteiger partial charge in [0.15, 0.2) is 5.58 Å². The number of hydrogen-bond acceptors (Lipinski definition) is 3. The molecule has 0 amide bonds. The summed E-state index contributed by atoms with van der Waals surface area (Å²) >= 11 is 6.29. The Morgan fingerprint density at radius 1 is 1.16 bits per heavy atom. The summed E-state index contributed by atoms with van der Waals surface area (Å²) < 4.78 is 11.5. The summed E-state index contributed by atoms with van der Waals surface area (Å²) in [7, 11) is 0. The zero-order chi connectivity index (χ0) is 17.4. The highest BCUT2D eigenvalue weighted by Gasteiger charge is 2.25. The first kappa shape index (κ1) is 16.2. The molecule has 1 unspecified atom stereocenters. The molecule has 2 heterocycles. The smallest absolute Gasteiger partial charge is 0.336 e. The Hall–Kier alpha value is -2.30. The van der Waals surface area contributed by atoms with Gasteiger partial charge in [0.1, 0.15) is 18.8 Å². The maximum absolute atomic E-state index is 11.9. The highest BCUT2D eigenvalue weighted by atomic mass is 35.5. The van der Waals surface area contributed by atoms with Gasteiger partial charge in [0.25, 0.3) is 0 Å². The molecule has 1 atom stereocenters. The van der Waals surface area contributed by atoms with Crippen molar-refractivity contribution in [2.24, 2.45) is 0 Å². The van der Waals surface area contributed by atoms with Crippen LogP contribution in [0.15, 0.2) is 51.7 Å². The van der Waals surface area contributed by atoms with Crippen LogP contribution in [0.4, 0.5) is 0 Å². The quantitative estimate of drug-likeness (QED) is 0.734. The first-order chi connectivity index (χ1) is 12.2. The number of nitrogens with one attached hydrogen (secondary N) is 1. The number of aryl methyl sites for hydroxylation is 1. The van der Waals surface area contributed by atoms with E-state index in [1.807, 2.05) is 43.3 Å². The summed E-state index contributed by atoms with van der Waals surface area (Å²) in [5.74, 6) is 0.798. The van der Waals surface area contributed by atoms with Crippen molar-refractivity contribution >= 4 is 22.6 Å². The fraction of sp³-hybridized carbons (Fsp3) is 0.250. The van der Waals surface area contributed by atoms with Gasteiger partial charge >= 0.3 is 5.63 Å². The highest BCUT2D eigenvalue weighted by Crippen LogP contribution is 2.30. The van der Waals surface area contributed by atoms with Gasteiger partial charge in [0.2, 0.25) is 6.73 Å². The fourth-order valence-corrected chi connectivity index (χ4v) is 3.63. The van der Waals surface area contributed by atoms with Gasteiger partial charge in [-0.1, -0.05) is 36.7 Å². The van der Waals surface area contributed by atoms with Crippen LogP contribution in [-0.4, -0.2) is 6.73 Å². The maximum Gasteiger partial charge on any atom is 0.336 e. The van der Waals surface area contributed by atoms with Crippen molar-refractivity contribution in [3.8, 4) is 5.75 Å². The third-order valence-corrected chi connectivity index (χ3v) is 5.06. The lowest BCUT2D eigenvalue weighted by Gasteiger charge is -2.27. The Kier molecular flexibility index (Phi) is 4.24. The monoisotopic (exact) mass is 356 g/mol. The van der Waals surface area contributed by atoms with Crippen LogP contribution in [0.5, 0.6) is 5.75 Å². The SMILES string of the molecule is CCc1cc(=O)oc2c3c(ccc12)OC[NH+](Cc1ccccc1Cl)C3. The van der Waals surface area contributed by atoms with E-state index in [9.17, 15) is 4.79 Å². The summed E-state index contributed by atoms with van der Waals surface area (Å²) in [4.78, 5) is 13.2. The molecule has 25 heavy (non-hydrogen) atoms. The molecular weight excluding hydrogens is 338 g/mol. The van der Waals surface area contributed by atoms with Crippen molar-refractivity contribution in [3.63, 3.8) is 0 Å². The molecule has 3 aromatic rings. The molecule has 0 spiro atoms. The van der Waals surface area contributed by atoms with E-state index >= 15 is 0 Å². The van der Waals surface area contributed by atoms with Crippen LogP contribution in [0, 0.1) is 0 Å². The topological polar surface area (TPSA) is 43.9 Å². The van der Waals surface area contributed by atoms with E-state index in [4.69, 9.17) is 20.8 Å². The van der Waals surface area contributed by atoms with Crippen molar-refractivity contribution in [3.05, 3.63) is 74.6 Å². The lowest BCUT2D eigenvalue weighted by atomic mass is 10.0. The molecule has 4 rings (SSSR count). The molecule has 1 aliphatic heterocycles. The molecule has 0 aliphatic carbocycles. The van der Waals surface area contributed by atoms with E-state index in [-0.39, 0.29) is 5.63 Å². The van der Waals surface area contributed by atoms with E-state index in [2.05, 4.69) is 0 Å². The van der Waals surface area contributed by atoms with Crippen LogP contribution in [0.3, 0.4) is 0 Å². The molecule has 128 valence electrons. The van der Waals surface area contributed by atoms with Gasteiger partial charge in [-0.15, -0.1) is 0 Å². The third-order valence-electron chi connectivity index (χ3n) is 4.70. The van der Waals surface area contributed by atoms with Crippen LogP contribution in [0.1, 0.15) is 23.6 Å². The first-order valence-corrected chi connectivity index (χ1v) is 8.82. The van der Waals surface area contributed by atoms with Crippen LogP contribution >= 0.6 is 11.6 Å². The second-order valence-corrected chi connectivity index (χ2v) is 6.75. The normalized spacial score (nSPS) is 16.5. The molecule has 1 N–H and O–H groups in total. The lowest BCUT2D eigenvalue weighted by Crippen LogP contribution is -3.10. The van der Waals surface area contributed by atoms with Gasteiger partial charge in [-0.25, -0.2) is 4.79 Å². The number of ether oxygens (including phenoxy) is 1. The minimum atomic E-state index is -0.309. The van der Waals surface area contributed by atoms with E-state index in [1.165, 1.54) is 4.90 Å². The van der Waals surface area contributed by atoms with E-state index in [0.29, 0.717) is 12.3 Å². The van der Waals surface area contributed by atoms with Gasteiger partial charge in [0, 0.05) is 22.0 Å². The molecule has 5 heteroatoms. The minimum Gasteiger partial charge on any atom is -0.445 e. The van der Waals surface area contributed by atoms with Gasteiger partial charge in [0.05, 0.1) is 5.56 Å². The van der Waals surface area contributed by atoms with Crippen molar-refractivity contribution in [1.82, 2.24) is 0 Å². The van der Waals surface area contributed by atoms with Crippen LogP contribution < -0.4 is 15.3 Å². The number of fused-ring (bicyclic) bond motifs is 3. The zero-order valence-corrected chi connectivity index (χ0v) is 14.7. The van der Waals surface area contributed by atoms with Gasteiger partial charge in [-0.3, -0.25) is 4.90 Å². The average molecular weight is 357 g/mol. The minimum absolute atomic E-state index is 0.309. The first-order valence-electron chi connectivity index (χ1n) is 8.44. The molecule has 1 aromatic heterocycles. The molecule has 0 radical (unpaired) electrons. The van der Waals surface area contributed by atoms with E-state index in [0.717, 1.165) is 52.4 Å². The number of quaternary nitrogens is 1. The van der Waals surface area contributed by atoms with Crippen molar-refractivity contribution in [2.45, 2.75) is 26.4 Å². The summed E-state index contributed by atoms with van der Waals surface area (Å²) in [6, 6.07) is 13.4. The Balaban J connectivity index is 1.73. The molecule has 2 aromatic carbocycles. The average Bonchev–Trinajstić information content (AvgIpc) is 2.63. The second-order valence-electron chi connectivity index (χ2n) is 6.35. The molecular formula is C20H19ClNO3+. The van der Waals surface area contributed by atoms with Gasteiger partial charge < -0.3 is 9.15 Å². The standard InChI is InChI=1S/C20H18ClNO3/c1-2-13-9-19(23)25-20-15(13)7-8-18-16(20)11-22(12-24-18)10-14-5-3-4-6-17(14)21/h3-9H,2,10-12H2,1H3/p+1. The Labute approximate surface area is 150 Å². The lowest BCUT2D eigenvalue weighted by molar-refractivity contribution is -0.945. The maximum atomic E-state index is 11.9. The number of hydrogen-bond donors (Lipinski definition) is 1. The third kappa shape index (κ3) is 3.03. The highest BCUT2D eigenvalue weighted by molar-refractivity contribution is 6.31. The van der Waals surface area contributed by atoms with Crippen LogP contribution in [0.25, 0.3) is 11.0 Å². The predicted molar refractivity (Wildman–Crippen MR) is 97.2 cm³/mol. The Morgan fingerprint density at radius 3 is 2.80 bits per heavy atom. The summed E-state index contributed by atoms with van der Waals surface area (Å²) in [6.45, 7) is 4.09. The number of halogens is 1. The van der Waals surface area contributed by atoms with Gasteiger partial charge in [-0.2, -0.15) is 0 Å². The van der Waals surface area contributed by atoms with Crippen LogP contribution in [0.2, 0.25) is 5.02 Å². The summed E-state index contributed by atoms with van der Waals surface area (Å²) in [5.41, 5.74) is 3.39. The summed E-state index contributed by atoms with van der Waals surface area (Å²) in [6.07, 6.45) is 0.790. The van der Waals surface area contributed by atoms with Crippen molar-refractivity contribution < 1.29 is 14.1 Å². The Bertz CT molecular complexity index is 996. The molecule has 0 bridgehead atoms. The summed E-state index contributed by atoms with van der Waals surface area (Å²) in [5, 5.41) is 1.75. The van der Waals surface area contributed by atoms with Crippen molar-refractivity contribution in [1.29, 1.82) is 0 Å². The van der Waals surface area contributed by atoms with Gasteiger partial charge in [-0.05, 0) is 30.2 Å². The molecule has 1 aliphatic rings. The number of rotatable bonds is 3. The van der Waals surface area contributed by atoms with E-state index in [1.54, 1.807) is 6.07 Å². The van der Waals surface area contributed by atoms with Crippen molar-refractivity contribution in [2.75, 3.05) is 6.73 Å². The van der Waals surface area contributed by atoms with Crippen LogP contribution in [-0.2, 0) is 19.5 Å². The number of benzene rings is 2. The Morgan fingerprint density at radius 2 is 2.00 bits per heavy atom. The largest absolute Gasteiger partial charge is 0.445 e. The zero-order valence-electron chi connectivity index (χ0n) is 14.0. The molecule has 0 saturated carbocycles. The fourth-order valence-electron chi connectivity index (χ4n) is 3.43. The molecule has 4 nitrogen and oxygen atoms in total.